The molecular formula is C23H21N7O4. The van der Waals surface area contributed by atoms with E-state index in [1.807, 2.05) is 31.2 Å². The van der Waals surface area contributed by atoms with Crippen molar-refractivity contribution in [1.29, 1.82) is 0 Å². The van der Waals surface area contributed by atoms with Crippen molar-refractivity contribution < 1.29 is 14.0 Å². The summed E-state index contributed by atoms with van der Waals surface area (Å²) in [5, 5.41) is 12.2. The number of aryl methyl sites for hydroxylation is 1. The molecule has 2 aromatic carbocycles. The zero-order chi connectivity index (χ0) is 23.7. The molecule has 0 amide bonds. The molecule has 0 aliphatic heterocycles. The largest absolute Gasteiger partial charge is 0.497 e. The predicted octanol–water partition coefficient (Wildman–Crippen LogP) is 2.46. The summed E-state index contributed by atoms with van der Waals surface area (Å²) in [6, 6.07) is 13.2. The highest BCUT2D eigenvalue weighted by Gasteiger charge is 2.16. The molecule has 5 rings (SSSR count). The maximum Gasteiger partial charge on any atom is 0.283 e. The third-order valence-corrected chi connectivity index (χ3v) is 5.46. The van der Waals surface area contributed by atoms with Crippen LogP contribution in [0, 0.1) is 6.92 Å². The van der Waals surface area contributed by atoms with Gasteiger partial charge in [0.15, 0.2) is 11.2 Å². The van der Waals surface area contributed by atoms with Crippen LogP contribution in [0.4, 0.5) is 0 Å². The van der Waals surface area contributed by atoms with Gasteiger partial charge >= 0.3 is 0 Å². The summed E-state index contributed by atoms with van der Waals surface area (Å²) in [5.41, 5.74) is 3.11. The molecule has 3 aromatic heterocycles. The lowest BCUT2D eigenvalue weighted by Crippen LogP contribution is -2.21. The summed E-state index contributed by atoms with van der Waals surface area (Å²) in [4.78, 5) is 21.8. The Bertz CT molecular complexity index is 1510. The Labute approximate surface area is 193 Å². The van der Waals surface area contributed by atoms with Crippen molar-refractivity contribution in [3.63, 3.8) is 0 Å². The van der Waals surface area contributed by atoms with Crippen molar-refractivity contribution in [3.05, 3.63) is 76.2 Å². The summed E-state index contributed by atoms with van der Waals surface area (Å²) in [6.07, 6.45) is 1.43. The molecule has 0 spiro atoms. The van der Waals surface area contributed by atoms with Crippen molar-refractivity contribution in [2.24, 2.45) is 0 Å². The summed E-state index contributed by atoms with van der Waals surface area (Å²) < 4.78 is 18.9. The number of rotatable bonds is 7. The molecule has 34 heavy (non-hydrogen) atoms. The molecular weight excluding hydrogens is 438 g/mol. The number of benzene rings is 2. The fourth-order valence-corrected chi connectivity index (χ4v) is 3.57. The van der Waals surface area contributed by atoms with Crippen LogP contribution in [0.2, 0.25) is 0 Å². The Morgan fingerprint density at radius 2 is 1.79 bits per heavy atom. The second kappa shape index (κ2) is 8.77. The Kier molecular flexibility index (Phi) is 5.50. The Morgan fingerprint density at radius 3 is 2.53 bits per heavy atom. The van der Waals surface area contributed by atoms with Crippen molar-refractivity contribution in [3.8, 4) is 22.9 Å². The number of ether oxygens (including phenoxy) is 2. The fraction of sp³-hybridized carbons (Fsp3) is 0.217. The quantitative estimate of drug-likeness (QED) is 0.361. The van der Waals surface area contributed by atoms with Crippen LogP contribution in [0.1, 0.15) is 17.0 Å². The lowest BCUT2D eigenvalue weighted by molar-refractivity contribution is 0.369. The van der Waals surface area contributed by atoms with Gasteiger partial charge in [-0.2, -0.15) is 4.98 Å². The van der Waals surface area contributed by atoms with Gasteiger partial charge in [0.05, 0.1) is 20.8 Å². The van der Waals surface area contributed by atoms with Crippen molar-refractivity contribution in [2.75, 3.05) is 14.2 Å². The molecule has 11 nitrogen and oxygen atoms in total. The highest BCUT2D eigenvalue weighted by molar-refractivity contribution is 5.68. The van der Waals surface area contributed by atoms with E-state index in [-0.39, 0.29) is 23.5 Å². The first-order chi connectivity index (χ1) is 16.6. The van der Waals surface area contributed by atoms with Gasteiger partial charge in [0.2, 0.25) is 11.7 Å². The molecule has 0 saturated heterocycles. The number of aromatic nitrogens is 7. The molecule has 0 radical (unpaired) electrons. The second-order valence-electron chi connectivity index (χ2n) is 7.64. The van der Waals surface area contributed by atoms with Crippen molar-refractivity contribution >= 4 is 11.2 Å². The van der Waals surface area contributed by atoms with Crippen LogP contribution in [0.3, 0.4) is 0 Å². The standard InChI is InChI=1S/C23H21N7O4/c1-14-6-4-5-7-15(14)11-30-22-20(26-28-30)23(31)29(13-24-22)12-19-25-21(27-34-19)16-8-17(32-2)10-18(9-16)33-3/h4-10,13H,11-12H2,1-3H3. The van der Waals surface area contributed by atoms with Crippen LogP contribution < -0.4 is 15.0 Å². The van der Waals surface area contributed by atoms with E-state index in [0.29, 0.717) is 35.1 Å². The van der Waals surface area contributed by atoms with E-state index < -0.39 is 0 Å². The molecule has 3 heterocycles. The summed E-state index contributed by atoms with van der Waals surface area (Å²) in [5.74, 6) is 1.78. The Morgan fingerprint density at radius 1 is 1.03 bits per heavy atom. The van der Waals surface area contributed by atoms with E-state index in [2.05, 4.69) is 25.4 Å². The van der Waals surface area contributed by atoms with Gasteiger partial charge in [0, 0.05) is 11.6 Å². The molecule has 0 fully saturated rings. The second-order valence-corrected chi connectivity index (χ2v) is 7.64. The van der Waals surface area contributed by atoms with Crippen LogP contribution in [0.15, 0.2) is 58.1 Å². The van der Waals surface area contributed by atoms with Gasteiger partial charge in [-0.05, 0) is 30.2 Å². The van der Waals surface area contributed by atoms with Crippen molar-refractivity contribution in [2.45, 2.75) is 20.0 Å². The highest BCUT2D eigenvalue weighted by atomic mass is 16.5. The maximum absolute atomic E-state index is 13.0. The van der Waals surface area contributed by atoms with Crippen molar-refractivity contribution in [1.82, 2.24) is 34.7 Å². The summed E-state index contributed by atoms with van der Waals surface area (Å²) in [6.45, 7) is 2.53. The van der Waals surface area contributed by atoms with E-state index in [0.717, 1.165) is 11.1 Å². The van der Waals surface area contributed by atoms with Crippen LogP contribution in [-0.4, -0.2) is 48.9 Å². The SMILES string of the molecule is COc1cc(OC)cc(-c2noc(Cn3cnc4c(nnn4Cc4ccccc4C)c3=O)n2)c1. The minimum absolute atomic E-state index is 0.0422. The van der Waals surface area contributed by atoms with Gasteiger partial charge in [-0.25, -0.2) is 9.67 Å². The minimum atomic E-state index is -0.344. The molecule has 0 atom stereocenters. The smallest absolute Gasteiger partial charge is 0.283 e. The van der Waals surface area contributed by atoms with Crippen LogP contribution in [0.25, 0.3) is 22.6 Å². The number of hydrogen-bond donors (Lipinski definition) is 0. The maximum atomic E-state index is 13.0. The van der Waals surface area contributed by atoms with Crippen LogP contribution in [0.5, 0.6) is 11.5 Å². The van der Waals surface area contributed by atoms with Gasteiger partial charge in [0.25, 0.3) is 5.56 Å². The zero-order valence-electron chi connectivity index (χ0n) is 18.8. The lowest BCUT2D eigenvalue weighted by Gasteiger charge is -2.06. The van der Waals surface area contributed by atoms with Gasteiger partial charge in [-0.15, -0.1) is 5.10 Å². The monoisotopic (exact) mass is 459 g/mol. The Hall–Kier alpha value is -4.54. The molecule has 11 heteroatoms. The fourth-order valence-electron chi connectivity index (χ4n) is 3.57. The predicted molar refractivity (Wildman–Crippen MR) is 122 cm³/mol. The van der Waals surface area contributed by atoms with E-state index >= 15 is 0 Å². The molecule has 172 valence electrons. The van der Waals surface area contributed by atoms with E-state index in [1.54, 1.807) is 37.1 Å². The van der Waals surface area contributed by atoms with Crippen LogP contribution in [-0.2, 0) is 13.1 Å². The van der Waals surface area contributed by atoms with Gasteiger partial charge < -0.3 is 14.0 Å². The molecule has 0 aliphatic rings. The number of hydrogen-bond acceptors (Lipinski definition) is 9. The minimum Gasteiger partial charge on any atom is -0.497 e. The normalized spacial score (nSPS) is 11.1. The number of nitrogens with zero attached hydrogens (tertiary/aromatic N) is 7. The molecule has 0 saturated carbocycles. The zero-order valence-corrected chi connectivity index (χ0v) is 18.8. The summed E-state index contributed by atoms with van der Waals surface area (Å²) >= 11 is 0. The van der Waals surface area contributed by atoms with Crippen LogP contribution >= 0.6 is 0 Å². The van der Waals surface area contributed by atoms with Gasteiger partial charge in [0.1, 0.15) is 24.4 Å². The first-order valence-electron chi connectivity index (χ1n) is 10.4. The molecule has 5 aromatic rings. The first kappa shape index (κ1) is 21.3. The number of fused-ring (bicyclic) bond motifs is 1. The first-order valence-corrected chi connectivity index (χ1v) is 10.4. The molecule has 0 aliphatic carbocycles. The molecule has 0 bridgehead atoms. The molecule has 0 N–H and O–H groups in total. The average Bonchev–Trinajstić information content (AvgIpc) is 3.49. The topological polar surface area (TPSA) is 123 Å². The third kappa shape index (κ3) is 3.98. The summed E-state index contributed by atoms with van der Waals surface area (Å²) in [7, 11) is 3.12. The Balaban J connectivity index is 1.41. The number of methoxy groups -OCH3 is 2. The van der Waals surface area contributed by atoms with E-state index in [9.17, 15) is 4.79 Å². The lowest BCUT2D eigenvalue weighted by atomic mass is 10.1. The van der Waals surface area contributed by atoms with Gasteiger partial charge in [-0.3, -0.25) is 9.36 Å². The van der Waals surface area contributed by atoms with E-state index in [4.69, 9.17) is 14.0 Å². The van der Waals surface area contributed by atoms with Gasteiger partial charge in [-0.1, -0.05) is 34.6 Å². The van der Waals surface area contributed by atoms with E-state index in [1.165, 1.54) is 10.9 Å². The third-order valence-electron chi connectivity index (χ3n) is 5.46. The molecule has 0 unspecified atom stereocenters. The average molecular weight is 459 g/mol. The highest BCUT2D eigenvalue weighted by Crippen LogP contribution is 2.28.